The van der Waals surface area contributed by atoms with Gasteiger partial charge in [-0.2, -0.15) is 0 Å². The second-order valence-corrected chi connectivity index (χ2v) is 3.66. The zero-order valence-electron chi connectivity index (χ0n) is 10.2. The molecule has 5 nitrogen and oxygen atoms in total. The molecule has 0 saturated heterocycles. The maximum absolute atomic E-state index is 13.6. The Bertz CT molecular complexity index is 473. The van der Waals surface area contributed by atoms with E-state index in [0.717, 1.165) is 0 Å². The van der Waals surface area contributed by atoms with Gasteiger partial charge in [0.05, 0.1) is 19.1 Å². The highest BCUT2D eigenvalue weighted by Crippen LogP contribution is 2.18. The van der Waals surface area contributed by atoms with Gasteiger partial charge in [-0.15, -0.1) is 0 Å². The Hall–Kier alpha value is -2.11. The molecule has 2 N–H and O–H groups in total. The third-order valence-corrected chi connectivity index (χ3v) is 2.26. The van der Waals surface area contributed by atoms with Crippen molar-refractivity contribution in [1.29, 1.82) is 0 Å². The summed E-state index contributed by atoms with van der Waals surface area (Å²) < 4.78 is 22.8. The number of halogens is 1. The van der Waals surface area contributed by atoms with Crippen molar-refractivity contribution in [2.75, 3.05) is 19.5 Å². The fourth-order valence-corrected chi connectivity index (χ4v) is 1.35. The topological polar surface area (TPSA) is 78.6 Å². The van der Waals surface area contributed by atoms with Crippen LogP contribution in [0.3, 0.4) is 0 Å². The maximum Gasteiger partial charge on any atom is 0.341 e. The van der Waals surface area contributed by atoms with Crippen LogP contribution in [-0.4, -0.2) is 25.7 Å². The molecule has 1 aromatic carbocycles. The smallest absolute Gasteiger partial charge is 0.341 e. The molecule has 6 heteroatoms. The van der Waals surface area contributed by atoms with Crippen molar-refractivity contribution in [3.05, 3.63) is 29.1 Å². The van der Waals surface area contributed by atoms with Gasteiger partial charge in [0.2, 0.25) is 0 Å². The summed E-state index contributed by atoms with van der Waals surface area (Å²) in [6, 6.07) is 2.61. The van der Waals surface area contributed by atoms with Crippen molar-refractivity contribution in [2.45, 2.75) is 13.3 Å². The summed E-state index contributed by atoms with van der Waals surface area (Å²) in [4.78, 5) is 22.4. The highest BCUT2D eigenvalue weighted by atomic mass is 19.1. The first-order chi connectivity index (χ1) is 8.45. The number of methoxy groups -OCH3 is 1. The number of hydrogen-bond donors (Lipinski definition) is 1. The van der Waals surface area contributed by atoms with Crippen molar-refractivity contribution in [3.8, 4) is 0 Å². The van der Waals surface area contributed by atoms with Crippen LogP contribution in [0.1, 0.15) is 22.3 Å². The molecule has 1 aromatic rings. The minimum absolute atomic E-state index is 0.0782. The van der Waals surface area contributed by atoms with Gasteiger partial charge in [0.15, 0.2) is 0 Å². The molecule has 0 aromatic heterocycles. The molecule has 0 fully saturated rings. The maximum atomic E-state index is 13.6. The number of carbonyl (C=O) groups excluding carboxylic acids is 2. The van der Waals surface area contributed by atoms with E-state index in [0.29, 0.717) is 0 Å². The van der Waals surface area contributed by atoms with E-state index in [4.69, 9.17) is 10.5 Å². The van der Waals surface area contributed by atoms with E-state index in [1.54, 1.807) is 0 Å². The molecule has 0 aliphatic heterocycles. The number of nitrogens with two attached hydrogens (primary N) is 1. The Kier molecular flexibility index (Phi) is 4.65. The number of ether oxygens (including phenoxy) is 2. The Morgan fingerprint density at radius 1 is 1.39 bits per heavy atom. The third kappa shape index (κ3) is 3.44. The van der Waals surface area contributed by atoms with Gasteiger partial charge in [-0.05, 0) is 24.6 Å². The molecule has 0 aliphatic rings. The molecule has 0 atom stereocenters. The van der Waals surface area contributed by atoms with Crippen LogP contribution in [0.15, 0.2) is 12.1 Å². The number of nitrogen functional groups attached to an aromatic ring is 1. The fourth-order valence-electron chi connectivity index (χ4n) is 1.35. The molecule has 0 heterocycles. The highest BCUT2D eigenvalue weighted by molar-refractivity contribution is 5.91. The van der Waals surface area contributed by atoms with Gasteiger partial charge in [-0.1, -0.05) is 0 Å². The number of esters is 2. The number of hydrogen-bond acceptors (Lipinski definition) is 5. The molecule has 1 rings (SSSR count). The van der Waals surface area contributed by atoms with Crippen LogP contribution in [0.2, 0.25) is 0 Å². The summed E-state index contributed by atoms with van der Waals surface area (Å²) in [6.45, 7) is 1.33. The first kappa shape index (κ1) is 14.0. The molecule has 18 heavy (non-hydrogen) atoms. The summed E-state index contributed by atoms with van der Waals surface area (Å²) in [5, 5.41) is 0. The van der Waals surface area contributed by atoms with Gasteiger partial charge in [0, 0.05) is 5.69 Å². The minimum atomic E-state index is -0.855. The lowest BCUT2D eigenvalue weighted by Crippen LogP contribution is -2.13. The Balaban J connectivity index is 2.70. The lowest BCUT2D eigenvalue weighted by atomic mass is 10.1. The zero-order valence-corrected chi connectivity index (χ0v) is 10.2. The van der Waals surface area contributed by atoms with E-state index in [9.17, 15) is 14.0 Å². The Morgan fingerprint density at radius 2 is 2.06 bits per heavy atom. The van der Waals surface area contributed by atoms with E-state index < -0.39 is 17.8 Å². The molecule has 0 spiro atoms. The SMILES string of the molecule is COC(=O)CCOC(=O)c1cc(N)cc(C)c1F. The second-order valence-electron chi connectivity index (χ2n) is 3.66. The van der Waals surface area contributed by atoms with Crippen molar-refractivity contribution in [1.82, 2.24) is 0 Å². The summed E-state index contributed by atoms with van der Waals surface area (Å²) in [5.41, 5.74) is 5.81. The van der Waals surface area contributed by atoms with Crippen molar-refractivity contribution in [3.63, 3.8) is 0 Å². The largest absolute Gasteiger partial charge is 0.469 e. The molecule has 0 amide bonds. The monoisotopic (exact) mass is 255 g/mol. The predicted octanol–water partition coefficient (Wildman–Crippen LogP) is 1.44. The summed E-state index contributed by atoms with van der Waals surface area (Å²) in [7, 11) is 1.23. The van der Waals surface area contributed by atoms with E-state index in [1.165, 1.54) is 26.2 Å². The lowest BCUT2D eigenvalue weighted by Gasteiger charge is -2.07. The second kappa shape index (κ2) is 6.00. The molecule has 0 saturated carbocycles. The molecule has 98 valence electrons. The summed E-state index contributed by atoms with van der Waals surface area (Å²) in [5.74, 6) is -2.04. The normalized spacial score (nSPS) is 9.94. The molecule has 0 radical (unpaired) electrons. The van der Waals surface area contributed by atoms with Crippen LogP contribution in [-0.2, 0) is 14.3 Å². The molecular weight excluding hydrogens is 241 g/mol. The van der Waals surface area contributed by atoms with E-state index in [2.05, 4.69) is 4.74 Å². The van der Waals surface area contributed by atoms with Gasteiger partial charge in [0.1, 0.15) is 12.4 Å². The molecule has 0 bridgehead atoms. The van der Waals surface area contributed by atoms with E-state index >= 15 is 0 Å². The van der Waals surface area contributed by atoms with Crippen LogP contribution >= 0.6 is 0 Å². The molecule has 0 unspecified atom stereocenters. The minimum Gasteiger partial charge on any atom is -0.469 e. The van der Waals surface area contributed by atoms with Crippen LogP contribution in [0.4, 0.5) is 10.1 Å². The van der Waals surface area contributed by atoms with Gasteiger partial charge in [0.25, 0.3) is 0 Å². The number of benzene rings is 1. The Morgan fingerprint density at radius 3 is 2.67 bits per heavy atom. The average Bonchev–Trinajstić information content (AvgIpc) is 2.33. The standard InChI is InChI=1S/C12H14FNO4/c1-7-5-8(14)6-9(11(7)13)12(16)18-4-3-10(15)17-2/h5-6H,3-4,14H2,1-2H3. The van der Waals surface area contributed by atoms with Gasteiger partial charge in [-0.3, -0.25) is 4.79 Å². The molecular formula is C12H14FNO4. The fraction of sp³-hybridized carbons (Fsp3) is 0.333. The van der Waals surface area contributed by atoms with Crippen LogP contribution in [0.25, 0.3) is 0 Å². The third-order valence-electron chi connectivity index (χ3n) is 2.26. The number of rotatable bonds is 4. The van der Waals surface area contributed by atoms with Gasteiger partial charge >= 0.3 is 11.9 Å². The first-order valence-corrected chi connectivity index (χ1v) is 5.25. The summed E-state index contributed by atoms with van der Waals surface area (Å²) in [6.07, 6.45) is -0.0782. The lowest BCUT2D eigenvalue weighted by molar-refractivity contribution is -0.141. The number of anilines is 1. The van der Waals surface area contributed by atoms with Crippen LogP contribution in [0.5, 0.6) is 0 Å². The first-order valence-electron chi connectivity index (χ1n) is 5.25. The van der Waals surface area contributed by atoms with E-state index in [1.807, 2.05) is 0 Å². The van der Waals surface area contributed by atoms with Crippen molar-refractivity contribution >= 4 is 17.6 Å². The van der Waals surface area contributed by atoms with Crippen molar-refractivity contribution in [2.24, 2.45) is 0 Å². The average molecular weight is 255 g/mol. The van der Waals surface area contributed by atoms with Gasteiger partial charge < -0.3 is 15.2 Å². The van der Waals surface area contributed by atoms with Crippen LogP contribution < -0.4 is 5.73 Å². The van der Waals surface area contributed by atoms with Crippen LogP contribution in [0, 0.1) is 12.7 Å². The zero-order chi connectivity index (χ0) is 13.7. The van der Waals surface area contributed by atoms with Crippen molar-refractivity contribution < 1.29 is 23.5 Å². The predicted molar refractivity (Wildman–Crippen MR) is 62.5 cm³/mol. The summed E-state index contributed by atoms with van der Waals surface area (Å²) >= 11 is 0. The number of carbonyl (C=O) groups is 2. The Labute approximate surface area is 104 Å². The molecule has 0 aliphatic carbocycles. The van der Waals surface area contributed by atoms with Gasteiger partial charge in [-0.25, -0.2) is 9.18 Å². The highest BCUT2D eigenvalue weighted by Gasteiger charge is 2.16. The number of aryl methyl sites for hydroxylation is 1. The van der Waals surface area contributed by atoms with E-state index in [-0.39, 0.29) is 29.8 Å². The quantitative estimate of drug-likeness (QED) is 0.650.